The van der Waals surface area contributed by atoms with E-state index in [1.807, 2.05) is 59.5 Å². The number of aromatic carboxylic acids is 1. The van der Waals surface area contributed by atoms with E-state index in [1.54, 1.807) is 42.5 Å². The number of ether oxygens (including phenoxy) is 2. The summed E-state index contributed by atoms with van der Waals surface area (Å²) >= 11 is 0. The van der Waals surface area contributed by atoms with Gasteiger partial charge in [0, 0.05) is 12.1 Å². The highest BCUT2D eigenvalue weighted by atomic mass is 16.5. The maximum absolute atomic E-state index is 12.9. The quantitative estimate of drug-likeness (QED) is 0.249. The number of anilines is 1. The van der Waals surface area contributed by atoms with Crippen molar-refractivity contribution in [3.63, 3.8) is 0 Å². The number of benzene rings is 4. The van der Waals surface area contributed by atoms with Crippen LogP contribution in [-0.2, 0) is 11.2 Å². The fourth-order valence-corrected chi connectivity index (χ4v) is 4.79. The van der Waals surface area contributed by atoms with E-state index in [2.05, 4.69) is 5.32 Å². The van der Waals surface area contributed by atoms with Crippen molar-refractivity contribution in [2.45, 2.75) is 25.3 Å². The van der Waals surface area contributed by atoms with E-state index in [0.717, 1.165) is 24.9 Å². The van der Waals surface area contributed by atoms with Gasteiger partial charge in [0.15, 0.2) is 0 Å². The van der Waals surface area contributed by atoms with E-state index in [4.69, 9.17) is 9.47 Å². The van der Waals surface area contributed by atoms with E-state index in [1.165, 1.54) is 6.07 Å². The summed E-state index contributed by atoms with van der Waals surface area (Å²) in [5.41, 5.74) is 1.76. The fraction of sp³-hybridized carbons (Fsp3) is 0.182. The van der Waals surface area contributed by atoms with Crippen LogP contribution in [0, 0.1) is 0 Å². The van der Waals surface area contributed by atoms with Gasteiger partial charge in [-0.25, -0.2) is 4.79 Å². The van der Waals surface area contributed by atoms with Crippen LogP contribution in [0.5, 0.6) is 17.2 Å². The first kappa shape index (κ1) is 27.5. The fourth-order valence-electron chi connectivity index (χ4n) is 4.79. The number of likely N-dealkylation sites (tertiary alicyclic amines) is 1. The molecule has 5 rings (SSSR count). The van der Waals surface area contributed by atoms with Gasteiger partial charge >= 0.3 is 5.97 Å². The summed E-state index contributed by atoms with van der Waals surface area (Å²) in [6.45, 7) is 1.16. The molecule has 1 fully saturated rings. The summed E-state index contributed by atoms with van der Waals surface area (Å²) in [6.07, 6.45) is 1.96. The van der Waals surface area contributed by atoms with Gasteiger partial charge in [-0.1, -0.05) is 42.5 Å². The first-order valence-electron chi connectivity index (χ1n) is 13.4. The number of amides is 2. The van der Waals surface area contributed by atoms with Crippen molar-refractivity contribution in [2.24, 2.45) is 0 Å². The van der Waals surface area contributed by atoms with Gasteiger partial charge < -0.3 is 24.8 Å². The molecule has 2 N–H and O–H groups in total. The zero-order valence-electron chi connectivity index (χ0n) is 22.4. The number of nitrogens with one attached hydrogen (secondary N) is 1. The molecule has 208 valence electrons. The molecular weight excluding hydrogens is 520 g/mol. The Kier molecular flexibility index (Phi) is 8.59. The number of carboxylic acid groups (broad SMARTS) is 1. The Morgan fingerprint density at radius 1 is 0.805 bits per heavy atom. The van der Waals surface area contributed by atoms with E-state index in [-0.39, 0.29) is 35.5 Å². The van der Waals surface area contributed by atoms with Crippen LogP contribution >= 0.6 is 0 Å². The van der Waals surface area contributed by atoms with Crippen molar-refractivity contribution in [2.75, 3.05) is 18.5 Å². The van der Waals surface area contributed by atoms with E-state index in [9.17, 15) is 19.5 Å². The molecule has 8 nitrogen and oxygen atoms in total. The molecule has 1 atom stereocenters. The minimum Gasteiger partial charge on any atom is -0.491 e. The lowest BCUT2D eigenvalue weighted by Gasteiger charge is -2.25. The summed E-state index contributed by atoms with van der Waals surface area (Å²) in [7, 11) is 0. The normalized spacial score (nSPS) is 14.3. The average molecular weight is 551 g/mol. The van der Waals surface area contributed by atoms with Crippen LogP contribution in [0.15, 0.2) is 103 Å². The molecule has 41 heavy (non-hydrogen) atoms. The van der Waals surface area contributed by atoms with Crippen LogP contribution in [0.1, 0.15) is 39.1 Å². The molecular formula is C33H30N2O6. The monoisotopic (exact) mass is 550 g/mol. The number of carboxylic acids is 1. The summed E-state index contributed by atoms with van der Waals surface area (Å²) < 4.78 is 11.9. The van der Waals surface area contributed by atoms with Gasteiger partial charge in [-0.3, -0.25) is 9.59 Å². The molecule has 1 aliphatic rings. The number of para-hydroxylation sites is 1. The molecule has 0 saturated carbocycles. The Hall–Kier alpha value is -5.11. The SMILES string of the molecule is O=C(Cc1ccc(Oc2ccc(OC[C@@H]3CCCN3C(=O)c3ccccc3)cc2)cc1)Nc1ccccc1C(=O)O. The van der Waals surface area contributed by atoms with Gasteiger partial charge in [0.1, 0.15) is 23.9 Å². The van der Waals surface area contributed by atoms with Gasteiger partial charge in [-0.15, -0.1) is 0 Å². The van der Waals surface area contributed by atoms with Gasteiger partial charge in [0.25, 0.3) is 5.91 Å². The second-order valence-electron chi connectivity index (χ2n) is 9.76. The molecule has 0 aliphatic carbocycles. The number of rotatable bonds is 10. The maximum Gasteiger partial charge on any atom is 0.337 e. The highest BCUT2D eigenvalue weighted by Crippen LogP contribution is 2.26. The van der Waals surface area contributed by atoms with Crippen LogP contribution in [0.4, 0.5) is 5.69 Å². The van der Waals surface area contributed by atoms with E-state index < -0.39 is 5.97 Å². The summed E-state index contributed by atoms with van der Waals surface area (Å²) in [5.74, 6) is 0.568. The molecule has 1 saturated heterocycles. The predicted molar refractivity (Wildman–Crippen MR) is 155 cm³/mol. The molecule has 1 heterocycles. The Bertz CT molecular complexity index is 1500. The van der Waals surface area contributed by atoms with Crippen molar-refractivity contribution in [3.8, 4) is 17.2 Å². The van der Waals surface area contributed by atoms with Gasteiger partial charge in [0.05, 0.1) is 23.7 Å². The first-order chi connectivity index (χ1) is 20.0. The second kappa shape index (κ2) is 12.8. The zero-order valence-corrected chi connectivity index (χ0v) is 22.4. The minimum absolute atomic E-state index is 0.0335. The van der Waals surface area contributed by atoms with Crippen molar-refractivity contribution in [3.05, 3.63) is 120 Å². The molecule has 2 amide bonds. The Morgan fingerprint density at radius 2 is 1.44 bits per heavy atom. The van der Waals surface area contributed by atoms with Crippen LogP contribution in [0.3, 0.4) is 0 Å². The topological polar surface area (TPSA) is 105 Å². The van der Waals surface area contributed by atoms with Gasteiger partial charge in [0.2, 0.25) is 5.91 Å². The van der Waals surface area contributed by atoms with Crippen LogP contribution in [0.25, 0.3) is 0 Å². The summed E-state index contributed by atoms with van der Waals surface area (Å²) in [5, 5.41) is 11.9. The third-order valence-corrected chi connectivity index (χ3v) is 6.88. The van der Waals surface area contributed by atoms with Crippen LogP contribution in [0.2, 0.25) is 0 Å². The highest BCUT2D eigenvalue weighted by Gasteiger charge is 2.29. The molecule has 8 heteroatoms. The van der Waals surface area contributed by atoms with Gasteiger partial charge in [-0.2, -0.15) is 0 Å². The number of hydrogen-bond acceptors (Lipinski definition) is 5. The first-order valence-corrected chi connectivity index (χ1v) is 13.4. The molecule has 4 aromatic rings. The van der Waals surface area contributed by atoms with Crippen LogP contribution < -0.4 is 14.8 Å². The molecule has 1 aliphatic heterocycles. The maximum atomic E-state index is 12.9. The molecule has 4 aromatic carbocycles. The number of carbonyl (C=O) groups is 3. The number of nitrogens with zero attached hydrogens (tertiary/aromatic N) is 1. The molecule has 0 bridgehead atoms. The van der Waals surface area contributed by atoms with E-state index >= 15 is 0 Å². The molecule has 0 aromatic heterocycles. The highest BCUT2D eigenvalue weighted by molar-refractivity contribution is 6.01. The molecule has 0 radical (unpaired) electrons. The number of hydrogen-bond donors (Lipinski definition) is 2. The Morgan fingerprint density at radius 3 is 2.15 bits per heavy atom. The Labute approximate surface area is 238 Å². The van der Waals surface area contributed by atoms with Crippen molar-refractivity contribution >= 4 is 23.5 Å². The number of carbonyl (C=O) groups excluding carboxylic acids is 2. The predicted octanol–water partition coefficient (Wildman–Crippen LogP) is 6.04. The zero-order chi connectivity index (χ0) is 28.6. The Balaban J connectivity index is 1.11. The van der Waals surface area contributed by atoms with Crippen molar-refractivity contribution < 1.29 is 29.0 Å². The largest absolute Gasteiger partial charge is 0.491 e. The summed E-state index contributed by atoms with van der Waals surface area (Å²) in [6, 6.07) is 30.1. The van der Waals surface area contributed by atoms with Crippen molar-refractivity contribution in [1.82, 2.24) is 4.90 Å². The lowest BCUT2D eigenvalue weighted by molar-refractivity contribution is -0.115. The van der Waals surface area contributed by atoms with Crippen LogP contribution in [-0.4, -0.2) is 47.0 Å². The average Bonchev–Trinajstić information content (AvgIpc) is 3.47. The third-order valence-electron chi connectivity index (χ3n) is 6.88. The minimum atomic E-state index is -1.10. The lowest BCUT2D eigenvalue weighted by atomic mass is 10.1. The smallest absolute Gasteiger partial charge is 0.337 e. The van der Waals surface area contributed by atoms with E-state index in [0.29, 0.717) is 29.4 Å². The third kappa shape index (κ3) is 7.10. The second-order valence-corrected chi connectivity index (χ2v) is 9.76. The molecule has 0 unspecified atom stereocenters. The standard InChI is InChI=1S/C33H30N2O6/c36-31(34-30-11-5-4-10-29(30)33(38)39)21-23-12-14-27(15-13-23)41-28-18-16-26(17-19-28)40-22-25-9-6-20-35(25)32(37)24-7-2-1-3-8-24/h1-5,7-8,10-19,25H,6,9,20-22H2,(H,34,36)(H,38,39)/t25-/m0/s1. The lowest BCUT2D eigenvalue weighted by Crippen LogP contribution is -2.39. The summed E-state index contributed by atoms with van der Waals surface area (Å²) in [4.78, 5) is 38.6. The molecule has 0 spiro atoms. The van der Waals surface area contributed by atoms with Gasteiger partial charge in [-0.05, 0) is 79.1 Å². The van der Waals surface area contributed by atoms with Crippen molar-refractivity contribution in [1.29, 1.82) is 0 Å².